The van der Waals surface area contributed by atoms with Crippen molar-refractivity contribution in [2.24, 2.45) is 5.92 Å². The molecule has 2 atom stereocenters. The topological polar surface area (TPSA) is 37.8 Å². The summed E-state index contributed by atoms with van der Waals surface area (Å²) in [5.41, 5.74) is 0. The molecule has 0 amide bonds. The smallest absolute Gasteiger partial charge is 0.134 e. The van der Waals surface area contributed by atoms with Crippen molar-refractivity contribution in [1.82, 2.24) is 15.5 Å². The predicted octanol–water partition coefficient (Wildman–Crippen LogP) is 2.69. The summed E-state index contributed by atoms with van der Waals surface area (Å²) >= 11 is 1.70. The maximum absolute atomic E-state index is 4.19. The van der Waals surface area contributed by atoms with E-state index >= 15 is 0 Å². The molecule has 1 aromatic rings. The van der Waals surface area contributed by atoms with Crippen LogP contribution in [-0.2, 0) is 0 Å². The molecule has 84 valence electrons. The first-order chi connectivity index (χ1) is 7.20. The van der Waals surface area contributed by atoms with E-state index in [0.29, 0.717) is 12.1 Å². The minimum absolute atomic E-state index is 0.349. The minimum Gasteiger partial charge on any atom is -0.305 e. The van der Waals surface area contributed by atoms with Crippen molar-refractivity contribution in [3.8, 4) is 0 Å². The Kier molecular flexibility index (Phi) is 3.36. The molecule has 1 saturated carbocycles. The fraction of sp³-hybridized carbons (Fsp3) is 0.818. The Morgan fingerprint density at radius 2 is 2.20 bits per heavy atom. The van der Waals surface area contributed by atoms with E-state index in [9.17, 15) is 0 Å². The summed E-state index contributed by atoms with van der Waals surface area (Å²) in [7, 11) is 0. The molecular weight excluding hydrogens is 206 g/mol. The molecule has 2 unspecified atom stereocenters. The van der Waals surface area contributed by atoms with Crippen LogP contribution in [0.25, 0.3) is 0 Å². The summed E-state index contributed by atoms with van der Waals surface area (Å²) in [6.07, 6.45) is 4.01. The average Bonchev–Trinajstić information content (AvgIpc) is 2.97. The van der Waals surface area contributed by atoms with Gasteiger partial charge in [-0.2, -0.15) is 0 Å². The maximum atomic E-state index is 4.19. The molecule has 0 aliphatic heterocycles. The van der Waals surface area contributed by atoms with Crippen molar-refractivity contribution in [1.29, 1.82) is 0 Å². The highest BCUT2D eigenvalue weighted by molar-refractivity contribution is 7.11. The molecule has 1 aromatic heterocycles. The monoisotopic (exact) mass is 225 g/mol. The Labute approximate surface area is 95.3 Å². The second-order valence-electron chi connectivity index (χ2n) is 4.40. The van der Waals surface area contributed by atoms with Crippen LogP contribution in [0.3, 0.4) is 0 Å². The number of hydrogen-bond acceptors (Lipinski definition) is 4. The molecule has 0 radical (unpaired) electrons. The van der Waals surface area contributed by atoms with Gasteiger partial charge in [-0.05, 0) is 39.0 Å². The van der Waals surface area contributed by atoms with Gasteiger partial charge in [-0.3, -0.25) is 0 Å². The fourth-order valence-corrected chi connectivity index (χ4v) is 2.68. The van der Waals surface area contributed by atoms with Crippen LogP contribution in [0, 0.1) is 12.8 Å². The highest BCUT2D eigenvalue weighted by Crippen LogP contribution is 2.35. The van der Waals surface area contributed by atoms with E-state index in [0.717, 1.165) is 15.9 Å². The Balaban J connectivity index is 1.92. The van der Waals surface area contributed by atoms with Crippen molar-refractivity contribution < 1.29 is 0 Å². The lowest BCUT2D eigenvalue weighted by molar-refractivity contribution is 0.403. The zero-order chi connectivity index (χ0) is 10.8. The minimum atomic E-state index is 0.349. The number of aryl methyl sites for hydroxylation is 1. The quantitative estimate of drug-likeness (QED) is 0.837. The van der Waals surface area contributed by atoms with Gasteiger partial charge in [-0.1, -0.05) is 6.92 Å². The molecule has 15 heavy (non-hydrogen) atoms. The first kappa shape index (κ1) is 11.0. The molecule has 0 bridgehead atoms. The van der Waals surface area contributed by atoms with Gasteiger partial charge in [0.25, 0.3) is 0 Å². The van der Waals surface area contributed by atoms with E-state index in [1.807, 2.05) is 6.92 Å². The number of rotatable bonds is 5. The van der Waals surface area contributed by atoms with Gasteiger partial charge in [-0.15, -0.1) is 21.5 Å². The van der Waals surface area contributed by atoms with Gasteiger partial charge < -0.3 is 5.32 Å². The molecule has 1 N–H and O–H groups in total. The fourth-order valence-electron chi connectivity index (χ4n) is 1.97. The summed E-state index contributed by atoms with van der Waals surface area (Å²) in [5.74, 6) is 0.909. The maximum Gasteiger partial charge on any atom is 0.134 e. The molecule has 1 fully saturated rings. The van der Waals surface area contributed by atoms with Crippen molar-refractivity contribution in [3.63, 3.8) is 0 Å². The van der Waals surface area contributed by atoms with Crippen molar-refractivity contribution in [2.75, 3.05) is 0 Å². The number of hydrogen-bond donors (Lipinski definition) is 1. The molecule has 4 heteroatoms. The molecular formula is C11H19N3S. The van der Waals surface area contributed by atoms with Crippen LogP contribution in [-0.4, -0.2) is 16.2 Å². The van der Waals surface area contributed by atoms with Crippen LogP contribution in [0.1, 0.15) is 49.2 Å². The van der Waals surface area contributed by atoms with Crippen LogP contribution in [0.4, 0.5) is 0 Å². The molecule has 0 spiro atoms. The van der Waals surface area contributed by atoms with E-state index in [4.69, 9.17) is 0 Å². The molecule has 0 saturated heterocycles. The van der Waals surface area contributed by atoms with Gasteiger partial charge in [-0.25, -0.2) is 0 Å². The number of nitrogens with zero attached hydrogens (tertiary/aromatic N) is 2. The Morgan fingerprint density at radius 3 is 2.67 bits per heavy atom. The summed E-state index contributed by atoms with van der Waals surface area (Å²) in [5, 5.41) is 14.1. The molecule has 1 heterocycles. The van der Waals surface area contributed by atoms with Crippen LogP contribution < -0.4 is 5.32 Å². The summed E-state index contributed by atoms with van der Waals surface area (Å²) in [6, 6.07) is 1.02. The highest BCUT2D eigenvalue weighted by atomic mass is 32.1. The predicted molar refractivity (Wildman–Crippen MR) is 63.0 cm³/mol. The Bertz CT molecular complexity index is 319. The second-order valence-corrected chi connectivity index (χ2v) is 5.61. The summed E-state index contributed by atoms with van der Waals surface area (Å²) in [6.45, 7) is 6.45. The lowest BCUT2D eigenvalue weighted by Crippen LogP contribution is -2.32. The van der Waals surface area contributed by atoms with E-state index in [1.54, 1.807) is 11.3 Å². The third-order valence-corrected chi connectivity index (χ3v) is 4.03. The van der Waals surface area contributed by atoms with Crippen molar-refractivity contribution >= 4 is 11.3 Å². The van der Waals surface area contributed by atoms with E-state index in [-0.39, 0.29) is 0 Å². The largest absolute Gasteiger partial charge is 0.305 e. The first-order valence-electron chi connectivity index (χ1n) is 5.76. The van der Waals surface area contributed by atoms with E-state index in [1.165, 1.54) is 19.3 Å². The van der Waals surface area contributed by atoms with Gasteiger partial charge in [0, 0.05) is 6.04 Å². The first-order valence-corrected chi connectivity index (χ1v) is 6.58. The third kappa shape index (κ3) is 2.75. The summed E-state index contributed by atoms with van der Waals surface area (Å²) < 4.78 is 0. The van der Waals surface area contributed by atoms with E-state index in [2.05, 4.69) is 29.4 Å². The normalized spacial score (nSPS) is 20.2. The zero-order valence-electron chi connectivity index (χ0n) is 9.66. The van der Waals surface area contributed by atoms with Gasteiger partial charge in [0.05, 0.1) is 6.04 Å². The Morgan fingerprint density at radius 1 is 1.47 bits per heavy atom. The highest BCUT2D eigenvalue weighted by Gasteiger charge is 2.31. The van der Waals surface area contributed by atoms with Gasteiger partial charge >= 0.3 is 0 Å². The average molecular weight is 225 g/mol. The van der Waals surface area contributed by atoms with E-state index < -0.39 is 0 Å². The molecule has 2 rings (SSSR count). The summed E-state index contributed by atoms with van der Waals surface area (Å²) in [4.78, 5) is 0. The Hall–Kier alpha value is -0.480. The van der Waals surface area contributed by atoms with Crippen LogP contribution in [0.5, 0.6) is 0 Å². The molecule has 0 aromatic carbocycles. The standard InChI is InChI=1S/C11H19N3S/c1-4-10(9-5-6-9)12-7(2)11-14-13-8(3)15-11/h7,9-10,12H,4-6H2,1-3H3. The molecule has 1 aliphatic rings. The van der Waals surface area contributed by atoms with Crippen molar-refractivity contribution in [2.45, 2.75) is 52.1 Å². The number of nitrogens with one attached hydrogen (secondary N) is 1. The zero-order valence-corrected chi connectivity index (χ0v) is 10.5. The van der Waals surface area contributed by atoms with Crippen LogP contribution in [0.2, 0.25) is 0 Å². The SMILES string of the molecule is CCC(NC(C)c1nnc(C)s1)C1CC1. The van der Waals surface area contributed by atoms with Gasteiger partial charge in [0.2, 0.25) is 0 Å². The lowest BCUT2D eigenvalue weighted by atomic mass is 10.1. The second kappa shape index (κ2) is 4.58. The van der Waals surface area contributed by atoms with Gasteiger partial charge in [0.15, 0.2) is 0 Å². The van der Waals surface area contributed by atoms with Crippen LogP contribution in [0.15, 0.2) is 0 Å². The van der Waals surface area contributed by atoms with Gasteiger partial charge in [0.1, 0.15) is 10.0 Å². The van der Waals surface area contributed by atoms with Crippen molar-refractivity contribution in [3.05, 3.63) is 10.0 Å². The molecule has 3 nitrogen and oxygen atoms in total. The lowest BCUT2D eigenvalue weighted by Gasteiger charge is -2.20. The third-order valence-electron chi connectivity index (χ3n) is 3.01. The number of aromatic nitrogens is 2. The molecule has 1 aliphatic carbocycles. The van der Waals surface area contributed by atoms with Crippen LogP contribution >= 0.6 is 11.3 Å².